The Morgan fingerprint density at radius 2 is 1.00 bits per heavy atom. The zero-order valence-corrected chi connectivity index (χ0v) is 16.0. The summed E-state index contributed by atoms with van der Waals surface area (Å²) < 4.78 is 0. The standard InChI is InChI=1S/C20H32N2O2/c1-19(2,3)13-11-17(23)21-15-7-9-16(10-8-15)22-18(24)12-14-20(4,5)6/h7-10H,11-14H2,1-6H3,(H,21,23)(H,22,24). The van der Waals surface area contributed by atoms with Gasteiger partial charge in [0.1, 0.15) is 0 Å². The maximum absolute atomic E-state index is 11.9. The summed E-state index contributed by atoms with van der Waals surface area (Å²) in [5.41, 5.74) is 1.81. The zero-order valence-electron chi connectivity index (χ0n) is 16.0. The van der Waals surface area contributed by atoms with Crippen molar-refractivity contribution in [1.82, 2.24) is 0 Å². The Morgan fingerprint density at radius 1 is 0.708 bits per heavy atom. The number of carbonyl (C=O) groups excluding carboxylic acids is 2. The lowest BCUT2D eigenvalue weighted by molar-refractivity contribution is -0.117. The first-order chi connectivity index (χ1) is 10.9. The van der Waals surface area contributed by atoms with Gasteiger partial charge in [-0.2, -0.15) is 0 Å². The van der Waals surface area contributed by atoms with Crippen LogP contribution in [0.2, 0.25) is 0 Å². The Labute approximate surface area is 146 Å². The molecule has 4 heteroatoms. The molecule has 4 nitrogen and oxygen atoms in total. The fourth-order valence-corrected chi connectivity index (χ4v) is 2.06. The highest BCUT2D eigenvalue weighted by Gasteiger charge is 2.14. The average Bonchev–Trinajstić information content (AvgIpc) is 2.44. The van der Waals surface area contributed by atoms with E-state index in [0.717, 1.165) is 24.2 Å². The smallest absolute Gasteiger partial charge is 0.224 e. The van der Waals surface area contributed by atoms with Crippen LogP contribution in [-0.2, 0) is 9.59 Å². The Morgan fingerprint density at radius 3 is 1.25 bits per heavy atom. The quantitative estimate of drug-likeness (QED) is 0.750. The van der Waals surface area contributed by atoms with Gasteiger partial charge in [0.15, 0.2) is 0 Å². The van der Waals surface area contributed by atoms with E-state index >= 15 is 0 Å². The summed E-state index contributed by atoms with van der Waals surface area (Å²) in [6, 6.07) is 7.26. The van der Waals surface area contributed by atoms with E-state index < -0.39 is 0 Å². The first-order valence-corrected chi connectivity index (χ1v) is 8.64. The summed E-state index contributed by atoms with van der Waals surface area (Å²) in [7, 11) is 0. The molecule has 0 fully saturated rings. The van der Waals surface area contributed by atoms with Gasteiger partial charge in [0.2, 0.25) is 11.8 Å². The van der Waals surface area contributed by atoms with Crippen LogP contribution in [0, 0.1) is 10.8 Å². The molecule has 0 saturated carbocycles. The van der Waals surface area contributed by atoms with Gasteiger partial charge in [0.25, 0.3) is 0 Å². The first kappa shape index (κ1) is 20.2. The molecule has 0 unspecified atom stereocenters. The van der Waals surface area contributed by atoms with Gasteiger partial charge in [-0.25, -0.2) is 0 Å². The van der Waals surface area contributed by atoms with Crippen LogP contribution < -0.4 is 10.6 Å². The third-order valence-corrected chi connectivity index (χ3v) is 3.66. The van der Waals surface area contributed by atoms with Crippen LogP contribution >= 0.6 is 0 Å². The number of hydrogen-bond acceptors (Lipinski definition) is 2. The summed E-state index contributed by atoms with van der Waals surface area (Å²) >= 11 is 0. The van der Waals surface area contributed by atoms with Gasteiger partial charge in [-0.05, 0) is 47.9 Å². The number of anilines is 2. The van der Waals surface area contributed by atoms with Crippen molar-refractivity contribution in [1.29, 1.82) is 0 Å². The molecule has 0 spiro atoms. The average molecular weight is 332 g/mol. The van der Waals surface area contributed by atoms with Crippen molar-refractivity contribution in [3.8, 4) is 0 Å². The van der Waals surface area contributed by atoms with E-state index in [-0.39, 0.29) is 22.6 Å². The summed E-state index contributed by atoms with van der Waals surface area (Å²) in [5, 5.41) is 5.78. The zero-order chi connectivity index (χ0) is 18.4. The second-order valence-electron chi connectivity index (χ2n) is 8.80. The number of rotatable bonds is 6. The molecule has 1 rings (SSSR count). The predicted molar refractivity (Wildman–Crippen MR) is 101 cm³/mol. The van der Waals surface area contributed by atoms with Crippen molar-refractivity contribution < 1.29 is 9.59 Å². The fraction of sp³-hybridized carbons (Fsp3) is 0.600. The highest BCUT2D eigenvalue weighted by atomic mass is 16.2. The van der Waals surface area contributed by atoms with E-state index in [1.54, 1.807) is 0 Å². The van der Waals surface area contributed by atoms with Gasteiger partial charge in [0, 0.05) is 24.2 Å². The molecule has 1 aromatic rings. The Balaban J connectivity index is 2.45. The van der Waals surface area contributed by atoms with Crippen LogP contribution in [0.1, 0.15) is 67.2 Å². The Bertz CT molecular complexity index is 497. The van der Waals surface area contributed by atoms with E-state index in [4.69, 9.17) is 0 Å². The molecule has 2 amide bonds. The van der Waals surface area contributed by atoms with Gasteiger partial charge in [-0.15, -0.1) is 0 Å². The molecule has 0 atom stereocenters. The summed E-state index contributed by atoms with van der Waals surface area (Å²) in [6.45, 7) is 12.7. The molecule has 0 aromatic heterocycles. The summed E-state index contributed by atoms with van der Waals surface area (Å²) in [4.78, 5) is 23.8. The van der Waals surface area contributed by atoms with Crippen molar-refractivity contribution in [2.24, 2.45) is 10.8 Å². The van der Waals surface area contributed by atoms with E-state index in [0.29, 0.717) is 12.8 Å². The van der Waals surface area contributed by atoms with Crippen molar-refractivity contribution in [3.05, 3.63) is 24.3 Å². The SMILES string of the molecule is CC(C)(C)CCC(=O)Nc1ccc(NC(=O)CCC(C)(C)C)cc1. The number of hydrogen-bond donors (Lipinski definition) is 2. The van der Waals surface area contributed by atoms with Crippen LogP contribution in [0.3, 0.4) is 0 Å². The van der Waals surface area contributed by atoms with Gasteiger partial charge >= 0.3 is 0 Å². The molecule has 0 aliphatic heterocycles. The highest BCUT2D eigenvalue weighted by molar-refractivity contribution is 5.92. The normalized spacial score (nSPS) is 11.9. The third-order valence-electron chi connectivity index (χ3n) is 3.66. The van der Waals surface area contributed by atoms with Crippen LogP contribution in [0.4, 0.5) is 11.4 Å². The molecule has 2 N–H and O–H groups in total. The van der Waals surface area contributed by atoms with Crippen molar-refractivity contribution in [3.63, 3.8) is 0 Å². The molecule has 1 aromatic carbocycles. The summed E-state index contributed by atoms with van der Waals surface area (Å²) in [5.74, 6) is 0.0405. The second-order valence-corrected chi connectivity index (χ2v) is 8.80. The number of nitrogens with one attached hydrogen (secondary N) is 2. The Hall–Kier alpha value is -1.84. The molecular formula is C20H32N2O2. The molecule has 0 bridgehead atoms. The maximum Gasteiger partial charge on any atom is 0.224 e. The lowest BCUT2D eigenvalue weighted by atomic mass is 9.90. The second kappa shape index (κ2) is 8.32. The lowest BCUT2D eigenvalue weighted by Crippen LogP contribution is -2.16. The van der Waals surface area contributed by atoms with Crippen LogP contribution in [0.15, 0.2) is 24.3 Å². The summed E-state index contributed by atoms with van der Waals surface area (Å²) in [6.07, 6.45) is 2.71. The molecule has 0 aliphatic rings. The lowest BCUT2D eigenvalue weighted by Gasteiger charge is -2.17. The Kier molecular flexibility index (Phi) is 7.00. The number of benzene rings is 1. The monoisotopic (exact) mass is 332 g/mol. The van der Waals surface area contributed by atoms with Gasteiger partial charge in [-0.3, -0.25) is 9.59 Å². The number of amides is 2. The molecule has 24 heavy (non-hydrogen) atoms. The van der Waals surface area contributed by atoms with Crippen molar-refractivity contribution in [2.45, 2.75) is 67.2 Å². The molecule has 134 valence electrons. The predicted octanol–water partition coefficient (Wildman–Crippen LogP) is 5.22. The van der Waals surface area contributed by atoms with Gasteiger partial charge in [-0.1, -0.05) is 41.5 Å². The highest BCUT2D eigenvalue weighted by Crippen LogP contribution is 2.22. The van der Waals surface area contributed by atoms with Crippen LogP contribution in [-0.4, -0.2) is 11.8 Å². The number of carbonyl (C=O) groups is 2. The topological polar surface area (TPSA) is 58.2 Å². The molecule has 0 saturated heterocycles. The van der Waals surface area contributed by atoms with E-state index in [1.165, 1.54) is 0 Å². The van der Waals surface area contributed by atoms with Gasteiger partial charge in [0.05, 0.1) is 0 Å². The van der Waals surface area contributed by atoms with Crippen LogP contribution in [0.5, 0.6) is 0 Å². The molecular weight excluding hydrogens is 300 g/mol. The largest absolute Gasteiger partial charge is 0.326 e. The minimum Gasteiger partial charge on any atom is -0.326 e. The minimum atomic E-state index is 0.0203. The fourth-order valence-electron chi connectivity index (χ4n) is 2.06. The van der Waals surface area contributed by atoms with Crippen molar-refractivity contribution in [2.75, 3.05) is 10.6 Å². The molecule has 0 aliphatic carbocycles. The van der Waals surface area contributed by atoms with Gasteiger partial charge < -0.3 is 10.6 Å². The third kappa shape index (κ3) is 9.33. The maximum atomic E-state index is 11.9. The van der Waals surface area contributed by atoms with E-state index in [1.807, 2.05) is 24.3 Å². The molecule has 0 radical (unpaired) electrons. The minimum absolute atomic E-state index is 0.0203. The van der Waals surface area contributed by atoms with Crippen LogP contribution in [0.25, 0.3) is 0 Å². The molecule has 0 heterocycles. The van der Waals surface area contributed by atoms with E-state index in [9.17, 15) is 9.59 Å². The first-order valence-electron chi connectivity index (χ1n) is 8.64. The van der Waals surface area contributed by atoms with E-state index in [2.05, 4.69) is 52.2 Å². The van der Waals surface area contributed by atoms with Crippen molar-refractivity contribution >= 4 is 23.2 Å².